The maximum absolute atomic E-state index is 12.6. The molecule has 0 atom stereocenters. The summed E-state index contributed by atoms with van der Waals surface area (Å²) in [7, 11) is 0. The average Bonchev–Trinajstić information content (AvgIpc) is 3.30. The number of anilines is 1. The SMILES string of the molecule is CCOC(=O)c1c(NC(=O)COc2cc(C)ccc2C)sc(C)c1-c1cccs1. The lowest BCUT2D eigenvalue weighted by molar-refractivity contribution is -0.118. The topological polar surface area (TPSA) is 64.6 Å². The summed E-state index contributed by atoms with van der Waals surface area (Å²) < 4.78 is 10.9. The smallest absolute Gasteiger partial charge is 0.341 e. The highest BCUT2D eigenvalue weighted by molar-refractivity contribution is 7.18. The van der Waals surface area contributed by atoms with Gasteiger partial charge in [0.1, 0.15) is 16.3 Å². The minimum absolute atomic E-state index is 0.141. The van der Waals surface area contributed by atoms with Crippen molar-refractivity contribution in [1.29, 1.82) is 0 Å². The van der Waals surface area contributed by atoms with Crippen LogP contribution in [0.5, 0.6) is 5.75 Å². The lowest BCUT2D eigenvalue weighted by Crippen LogP contribution is -2.21. The Hall–Kier alpha value is -2.64. The summed E-state index contributed by atoms with van der Waals surface area (Å²) in [5.41, 5.74) is 3.23. The zero-order valence-electron chi connectivity index (χ0n) is 16.8. The van der Waals surface area contributed by atoms with E-state index in [-0.39, 0.29) is 19.1 Å². The zero-order valence-corrected chi connectivity index (χ0v) is 18.5. The van der Waals surface area contributed by atoms with Gasteiger partial charge < -0.3 is 14.8 Å². The van der Waals surface area contributed by atoms with Gasteiger partial charge in [-0.2, -0.15) is 0 Å². The van der Waals surface area contributed by atoms with Crippen LogP contribution in [0.1, 0.15) is 33.3 Å². The van der Waals surface area contributed by atoms with Gasteiger partial charge in [-0.25, -0.2) is 4.79 Å². The minimum atomic E-state index is -0.439. The van der Waals surface area contributed by atoms with E-state index in [9.17, 15) is 9.59 Å². The number of hydrogen-bond donors (Lipinski definition) is 1. The fourth-order valence-corrected chi connectivity index (χ4v) is 4.89. The molecule has 0 saturated heterocycles. The van der Waals surface area contributed by atoms with Crippen molar-refractivity contribution in [2.45, 2.75) is 27.7 Å². The van der Waals surface area contributed by atoms with Crippen LogP contribution in [0.3, 0.4) is 0 Å². The lowest BCUT2D eigenvalue weighted by Gasteiger charge is -2.11. The maximum atomic E-state index is 12.6. The van der Waals surface area contributed by atoms with E-state index in [1.165, 1.54) is 11.3 Å². The molecule has 3 rings (SSSR count). The number of nitrogens with one attached hydrogen (secondary N) is 1. The summed E-state index contributed by atoms with van der Waals surface area (Å²) in [6, 6.07) is 9.74. The standard InChI is InChI=1S/C22H23NO4S2/c1-5-26-22(25)20-19(17-7-6-10-28-17)15(4)29-21(20)23-18(24)12-27-16-11-13(2)8-9-14(16)3/h6-11H,5,12H2,1-4H3,(H,23,24). The first-order chi connectivity index (χ1) is 13.9. The highest BCUT2D eigenvalue weighted by Crippen LogP contribution is 2.42. The summed E-state index contributed by atoms with van der Waals surface area (Å²) in [5, 5.41) is 5.28. The molecule has 29 heavy (non-hydrogen) atoms. The monoisotopic (exact) mass is 429 g/mol. The summed E-state index contributed by atoms with van der Waals surface area (Å²) in [6.07, 6.45) is 0. The number of carbonyl (C=O) groups excluding carboxylic acids is 2. The number of carbonyl (C=O) groups is 2. The molecule has 1 aromatic carbocycles. The van der Waals surface area contributed by atoms with Crippen LogP contribution in [0.25, 0.3) is 10.4 Å². The van der Waals surface area contributed by atoms with Gasteiger partial charge in [-0.05, 0) is 56.3 Å². The fourth-order valence-electron chi connectivity index (χ4n) is 2.92. The van der Waals surface area contributed by atoms with Crippen molar-refractivity contribution in [2.24, 2.45) is 0 Å². The predicted molar refractivity (Wildman–Crippen MR) is 118 cm³/mol. The molecule has 5 nitrogen and oxygen atoms in total. The van der Waals surface area contributed by atoms with E-state index in [0.717, 1.165) is 26.4 Å². The van der Waals surface area contributed by atoms with Gasteiger partial charge in [-0.3, -0.25) is 4.79 Å². The maximum Gasteiger partial charge on any atom is 0.341 e. The van der Waals surface area contributed by atoms with Crippen molar-refractivity contribution in [3.63, 3.8) is 0 Å². The Labute approximate surface area is 178 Å². The molecule has 0 aliphatic heterocycles. The molecule has 2 heterocycles. The molecule has 0 unspecified atom stereocenters. The van der Waals surface area contributed by atoms with Gasteiger partial charge in [0.05, 0.1) is 6.61 Å². The molecular weight excluding hydrogens is 406 g/mol. The van der Waals surface area contributed by atoms with E-state index < -0.39 is 5.97 Å². The second-order valence-electron chi connectivity index (χ2n) is 6.54. The Morgan fingerprint density at radius 3 is 2.62 bits per heavy atom. The highest BCUT2D eigenvalue weighted by atomic mass is 32.1. The highest BCUT2D eigenvalue weighted by Gasteiger charge is 2.26. The third-order valence-corrected chi connectivity index (χ3v) is 6.19. The van der Waals surface area contributed by atoms with Crippen molar-refractivity contribution in [3.8, 4) is 16.2 Å². The van der Waals surface area contributed by atoms with Crippen LogP contribution < -0.4 is 10.1 Å². The van der Waals surface area contributed by atoms with E-state index in [1.807, 2.05) is 56.5 Å². The number of hydrogen-bond acceptors (Lipinski definition) is 6. The number of thiophene rings is 2. The molecule has 2 aromatic heterocycles. The van der Waals surface area contributed by atoms with Crippen molar-refractivity contribution < 1.29 is 19.1 Å². The van der Waals surface area contributed by atoms with E-state index in [4.69, 9.17) is 9.47 Å². The molecular formula is C22H23NO4S2. The number of amides is 1. The molecule has 0 aliphatic carbocycles. The number of aryl methyl sites for hydroxylation is 3. The molecule has 0 bridgehead atoms. The molecule has 152 valence electrons. The molecule has 0 fully saturated rings. The van der Waals surface area contributed by atoms with Crippen molar-refractivity contribution >= 4 is 39.6 Å². The Morgan fingerprint density at radius 2 is 1.93 bits per heavy atom. The summed E-state index contributed by atoms with van der Waals surface area (Å²) in [6.45, 7) is 7.72. The third-order valence-electron chi connectivity index (χ3n) is 4.29. The van der Waals surface area contributed by atoms with Gasteiger partial charge in [-0.15, -0.1) is 22.7 Å². The van der Waals surface area contributed by atoms with Gasteiger partial charge >= 0.3 is 5.97 Å². The minimum Gasteiger partial charge on any atom is -0.483 e. The largest absolute Gasteiger partial charge is 0.483 e. The van der Waals surface area contributed by atoms with Gasteiger partial charge in [0, 0.05) is 15.3 Å². The van der Waals surface area contributed by atoms with Gasteiger partial charge in [0.25, 0.3) is 5.91 Å². The van der Waals surface area contributed by atoms with Crippen molar-refractivity contribution in [2.75, 3.05) is 18.5 Å². The average molecular weight is 430 g/mol. The Bertz CT molecular complexity index is 1020. The van der Waals surface area contributed by atoms with E-state index >= 15 is 0 Å². The Kier molecular flexibility index (Phi) is 6.71. The number of rotatable bonds is 7. The van der Waals surface area contributed by atoms with E-state index in [2.05, 4.69) is 5.32 Å². The second kappa shape index (κ2) is 9.24. The molecule has 1 N–H and O–H groups in total. The molecule has 0 saturated carbocycles. The van der Waals surface area contributed by atoms with Crippen LogP contribution in [0.15, 0.2) is 35.7 Å². The number of ether oxygens (including phenoxy) is 2. The Balaban J connectivity index is 1.82. The predicted octanol–water partition coefficient (Wildman–Crippen LogP) is 5.60. The van der Waals surface area contributed by atoms with Crippen LogP contribution in [-0.4, -0.2) is 25.1 Å². The first-order valence-electron chi connectivity index (χ1n) is 9.25. The van der Waals surface area contributed by atoms with E-state index in [1.54, 1.807) is 18.3 Å². The fraction of sp³-hybridized carbons (Fsp3) is 0.273. The zero-order chi connectivity index (χ0) is 21.0. The van der Waals surface area contributed by atoms with Gasteiger partial charge in [-0.1, -0.05) is 18.2 Å². The second-order valence-corrected chi connectivity index (χ2v) is 8.71. The Morgan fingerprint density at radius 1 is 1.14 bits per heavy atom. The molecule has 7 heteroatoms. The summed E-state index contributed by atoms with van der Waals surface area (Å²) >= 11 is 2.91. The lowest BCUT2D eigenvalue weighted by atomic mass is 10.1. The third kappa shape index (κ3) is 4.86. The molecule has 0 spiro atoms. The number of benzene rings is 1. The van der Waals surface area contributed by atoms with Crippen molar-refractivity contribution in [3.05, 3.63) is 57.3 Å². The van der Waals surface area contributed by atoms with Crippen LogP contribution in [0.4, 0.5) is 5.00 Å². The van der Waals surface area contributed by atoms with Crippen LogP contribution in [-0.2, 0) is 9.53 Å². The summed E-state index contributed by atoms with van der Waals surface area (Å²) in [4.78, 5) is 27.1. The normalized spacial score (nSPS) is 10.6. The molecule has 0 radical (unpaired) electrons. The van der Waals surface area contributed by atoms with Crippen molar-refractivity contribution in [1.82, 2.24) is 0 Å². The first kappa shape index (κ1) is 21.1. The van der Waals surface area contributed by atoms with Crippen LogP contribution in [0.2, 0.25) is 0 Å². The molecule has 0 aliphatic rings. The van der Waals surface area contributed by atoms with Crippen LogP contribution in [0, 0.1) is 20.8 Å². The van der Waals surface area contributed by atoms with Gasteiger partial charge in [0.15, 0.2) is 6.61 Å². The molecule has 1 amide bonds. The quantitative estimate of drug-likeness (QED) is 0.497. The summed E-state index contributed by atoms with van der Waals surface area (Å²) in [5.74, 6) is -0.0890. The number of esters is 1. The van der Waals surface area contributed by atoms with Crippen LogP contribution >= 0.6 is 22.7 Å². The van der Waals surface area contributed by atoms with E-state index in [0.29, 0.717) is 16.3 Å². The van der Waals surface area contributed by atoms with Gasteiger partial charge in [0.2, 0.25) is 0 Å². The first-order valence-corrected chi connectivity index (χ1v) is 10.9. The molecule has 3 aromatic rings.